The van der Waals surface area contributed by atoms with E-state index in [1.807, 2.05) is 30.3 Å². The maximum absolute atomic E-state index is 12.8. The zero-order valence-electron chi connectivity index (χ0n) is 12.5. The van der Waals surface area contributed by atoms with Crippen LogP contribution in [0.25, 0.3) is 0 Å². The molecule has 1 aliphatic carbocycles. The molecule has 0 unspecified atom stereocenters. The van der Waals surface area contributed by atoms with Gasteiger partial charge in [-0.2, -0.15) is 0 Å². The van der Waals surface area contributed by atoms with Crippen LogP contribution in [0.2, 0.25) is 0 Å². The molecule has 0 saturated carbocycles. The highest BCUT2D eigenvalue weighted by Gasteiger charge is 2.27. The molecule has 5 heteroatoms. The van der Waals surface area contributed by atoms with Crippen LogP contribution in [0.5, 0.6) is 0 Å². The van der Waals surface area contributed by atoms with Gasteiger partial charge in [0, 0.05) is 25.1 Å². The number of fused-ring (bicyclic) bond motifs is 1. The van der Waals surface area contributed by atoms with Gasteiger partial charge in [0.05, 0.1) is 6.61 Å². The Balaban J connectivity index is 1.82. The van der Waals surface area contributed by atoms with Crippen molar-refractivity contribution in [3.05, 3.63) is 52.9 Å². The van der Waals surface area contributed by atoms with Crippen molar-refractivity contribution in [1.29, 1.82) is 0 Å². The first-order valence-corrected chi connectivity index (χ1v) is 7.71. The molecule has 0 fully saturated rings. The number of rotatable bonds is 5. The molecule has 1 N–H and O–H groups in total. The Hall–Kier alpha value is -2.14. The third-order valence-corrected chi connectivity index (χ3v) is 4.03. The molecule has 0 radical (unpaired) electrons. The lowest BCUT2D eigenvalue weighted by molar-refractivity contribution is 0.0696. The minimum atomic E-state index is -0.162. The molecule has 0 saturated heterocycles. The summed E-state index contributed by atoms with van der Waals surface area (Å²) in [6.07, 6.45) is 3.85. The van der Waals surface area contributed by atoms with Crippen LogP contribution >= 0.6 is 0 Å². The second-order valence-corrected chi connectivity index (χ2v) is 5.58. The Morgan fingerprint density at radius 1 is 1.23 bits per heavy atom. The van der Waals surface area contributed by atoms with Gasteiger partial charge in [0.2, 0.25) is 0 Å². The first-order valence-electron chi connectivity index (χ1n) is 7.71. The maximum atomic E-state index is 12.8. The third-order valence-electron chi connectivity index (χ3n) is 4.03. The number of aryl methyl sites for hydroxylation is 1. The summed E-state index contributed by atoms with van der Waals surface area (Å²) in [4.78, 5) is 14.4. The van der Waals surface area contributed by atoms with Gasteiger partial charge in [0.15, 0.2) is 5.69 Å². The van der Waals surface area contributed by atoms with Crippen LogP contribution in [0.3, 0.4) is 0 Å². The largest absolute Gasteiger partial charge is 0.395 e. The van der Waals surface area contributed by atoms with Gasteiger partial charge in [-0.1, -0.05) is 35.5 Å². The predicted molar refractivity (Wildman–Crippen MR) is 81.4 cm³/mol. The Morgan fingerprint density at radius 3 is 2.77 bits per heavy atom. The summed E-state index contributed by atoms with van der Waals surface area (Å²) in [5.41, 5.74) is 2.40. The van der Waals surface area contributed by atoms with Gasteiger partial charge in [0.25, 0.3) is 5.91 Å². The van der Waals surface area contributed by atoms with Crippen molar-refractivity contribution in [2.24, 2.45) is 0 Å². The van der Waals surface area contributed by atoms with E-state index in [0.29, 0.717) is 12.2 Å². The zero-order valence-corrected chi connectivity index (χ0v) is 12.5. The Bertz CT molecular complexity index is 637. The van der Waals surface area contributed by atoms with Gasteiger partial charge in [-0.05, 0) is 24.8 Å². The monoisotopic (exact) mass is 300 g/mol. The number of hydrogen-bond acceptors (Lipinski definition) is 4. The zero-order chi connectivity index (χ0) is 15.4. The Morgan fingerprint density at radius 2 is 2.00 bits per heavy atom. The van der Waals surface area contributed by atoms with Crippen molar-refractivity contribution >= 4 is 5.91 Å². The number of aliphatic hydroxyl groups is 1. The lowest BCUT2D eigenvalue weighted by Crippen LogP contribution is -2.34. The molecule has 0 atom stereocenters. The van der Waals surface area contributed by atoms with E-state index >= 15 is 0 Å². The van der Waals surface area contributed by atoms with E-state index in [9.17, 15) is 9.90 Å². The van der Waals surface area contributed by atoms with Crippen molar-refractivity contribution in [3.8, 4) is 0 Å². The summed E-state index contributed by atoms with van der Waals surface area (Å²) in [5, 5.41) is 13.3. The molecular weight excluding hydrogens is 280 g/mol. The fraction of sp³-hybridized carbons (Fsp3) is 0.412. The highest BCUT2D eigenvalue weighted by atomic mass is 16.5. The van der Waals surface area contributed by atoms with Gasteiger partial charge >= 0.3 is 0 Å². The van der Waals surface area contributed by atoms with Crippen LogP contribution < -0.4 is 0 Å². The molecule has 5 nitrogen and oxygen atoms in total. The molecule has 1 aromatic heterocycles. The summed E-state index contributed by atoms with van der Waals surface area (Å²) in [6, 6.07) is 9.76. The second kappa shape index (κ2) is 6.75. The van der Waals surface area contributed by atoms with Crippen LogP contribution in [0, 0.1) is 0 Å². The first kappa shape index (κ1) is 14.8. The van der Waals surface area contributed by atoms with Gasteiger partial charge < -0.3 is 14.5 Å². The van der Waals surface area contributed by atoms with Crippen molar-refractivity contribution in [1.82, 2.24) is 10.1 Å². The summed E-state index contributed by atoms with van der Waals surface area (Å²) in [7, 11) is 0. The van der Waals surface area contributed by atoms with Gasteiger partial charge in [-0.3, -0.25) is 4.79 Å². The maximum Gasteiger partial charge on any atom is 0.276 e. The number of carbonyl (C=O) groups is 1. The number of aliphatic hydroxyl groups excluding tert-OH is 1. The standard InChI is InChI=1S/C17H20N2O3/c20-11-10-19(12-13-6-2-1-3-7-13)17(21)16-14-8-4-5-9-15(14)22-18-16/h1-3,6-7,20H,4-5,8-12H2. The van der Waals surface area contributed by atoms with Crippen LogP contribution in [-0.2, 0) is 19.4 Å². The van der Waals surface area contributed by atoms with E-state index in [4.69, 9.17) is 4.52 Å². The summed E-state index contributed by atoms with van der Waals surface area (Å²) >= 11 is 0. The van der Waals surface area contributed by atoms with E-state index in [1.165, 1.54) is 0 Å². The number of hydrogen-bond donors (Lipinski definition) is 1. The molecule has 116 valence electrons. The van der Waals surface area contributed by atoms with Crippen molar-refractivity contribution in [2.75, 3.05) is 13.2 Å². The smallest absolute Gasteiger partial charge is 0.276 e. The average molecular weight is 300 g/mol. The molecule has 1 aliphatic rings. The molecule has 2 aromatic rings. The number of nitrogens with zero attached hydrogens (tertiary/aromatic N) is 2. The van der Waals surface area contributed by atoms with E-state index < -0.39 is 0 Å². The van der Waals surface area contributed by atoms with Crippen LogP contribution in [0.4, 0.5) is 0 Å². The number of carbonyl (C=O) groups excluding carboxylic acids is 1. The highest BCUT2D eigenvalue weighted by Crippen LogP contribution is 2.25. The van der Waals surface area contributed by atoms with E-state index in [0.717, 1.165) is 42.6 Å². The van der Waals surface area contributed by atoms with E-state index in [1.54, 1.807) is 4.90 Å². The van der Waals surface area contributed by atoms with Crippen LogP contribution in [0.15, 0.2) is 34.9 Å². The quantitative estimate of drug-likeness (QED) is 0.919. The van der Waals surface area contributed by atoms with Crippen molar-refractivity contribution < 1.29 is 14.4 Å². The SMILES string of the molecule is O=C(c1noc2c1CCCC2)N(CCO)Cc1ccccc1. The van der Waals surface area contributed by atoms with Gasteiger partial charge in [0.1, 0.15) is 5.76 Å². The van der Waals surface area contributed by atoms with E-state index in [2.05, 4.69) is 5.16 Å². The minimum Gasteiger partial charge on any atom is -0.395 e. The molecule has 3 rings (SSSR count). The third kappa shape index (κ3) is 3.04. The lowest BCUT2D eigenvalue weighted by atomic mass is 9.96. The highest BCUT2D eigenvalue weighted by molar-refractivity contribution is 5.93. The van der Waals surface area contributed by atoms with Crippen molar-refractivity contribution in [2.45, 2.75) is 32.2 Å². The first-order chi connectivity index (χ1) is 10.8. The number of benzene rings is 1. The summed E-state index contributed by atoms with van der Waals surface area (Å²) < 4.78 is 5.33. The van der Waals surface area contributed by atoms with Gasteiger partial charge in [-0.25, -0.2) is 0 Å². The molecular formula is C17H20N2O3. The normalized spacial score (nSPS) is 13.7. The van der Waals surface area contributed by atoms with Crippen LogP contribution in [0.1, 0.15) is 40.2 Å². The lowest BCUT2D eigenvalue weighted by Gasteiger charge is -2.21. The molecule has 0 bridgehead atoms. The summed E-state index contributed by atoms with van der Waals surface area (Å²) in [5.74, 6) is 0.683. The molecule has 1 amide bonds. The topological polar surface area (TPSA) is 66.6 Å². The predicted octanol–water partition coefficient (Wildman–Crippen LogP) is 2.19. The Kier molecular flexibility index (Phi) is 4.53. The molecule has 0 spiro atoms. The Labute approximate surface area is 129 Å². The molecule has 1 aromatic carbocycles. The van der Waals surface area contributed by atoms with Crippen LogP contribution in [-0.4, -0.2) is 34.2 Å². The summed E-state index contributed by atoms with van der Waals surface area (Å²) in [6.45, 7) is 0.676. The van der Waals surface area contributed by atoms with Crippen molar-refractivity contribution in [3.63, 3.8) is 0 Å². The second-order valence-electron chi connectivity index (χ2n) is 5.58. The number of amides is 1. The molecule has 1 heterocycles. The fourth-order valence-corrected chi connectivity index (χ4v) is 2.88. The fourth-order valence-electron chi connectivity index (χ4n) is 2.88. The molecule has 0 aliphatic heterocycles. The number of aromatic nitrogens is 1. The average Bonchev–Trinajstić information content (AvgIpc) is 2.99. The molecule has 22 heavy (non-hydrogen) atoms. The van der Waals surface area contributed by atoms with Gasteiger partial charge in [-0.15, -0.1) is 0 Å². The van der Waals surface area contributed by atoms with E-state index in [-0.39, 0.29) is 19.1 Å². The minimum absolute atomic E-state index is 0.0708.